The third-order valence-corrected chi connectivity index (χ3v) is 6.00. The van der Waals surface area contributed by atoms with E-state index in [0.29, 0.717) is 6.04 Å². The Kier molecular flexibility index (Phi) is 3.89. The van der Waals surface area contributed by atoms with Gasteiger partial charge in [0.1, 0.15) is 10.6 Å². The van der Waals surface area contributed by atoms with Gasteiger partial charge >= 0.3 is 0 Å². The Balaban J connectivity index is 1.93. The molecule has 0 spiro atoms. The smallest absolute Gasteiger partial charge is 0.111 e. The van der Waals surface area contributed by atoms with Crippen LogP contribution in [0.25, 0.3) is 0 Å². The number of ether oxygens (including phenoxy) is 1. The van der Waals surface area contributed by atoms with Gasteiger partial charge in [-0.05, 0) is 34.1 Å². The molecule has 1 N–H and O–H groups in total. The van der Waals surface area contributed by atoms with E-state index in [0.717, 1.165) is 38.3 Å². The van der Waals surface area contributed by atoms with E-state index in [2.05, 4.69) is 44.8 Å². The first kappa shape index (κ1) is 15.4. The van der Waals surface area contributed by atoms with Crippen molar-refractivity contribution in [1.29, 1.82) is 0 Å². The van der Waals surface area contributed by atoms with Crippen LogP contribution in [-0.2, 0) is 15.9 Å². The topological polar surface area (TPSA) is 37.4 Å². The van der Waals surface area contributed by atoms with Crippen LogP contribution < -0.4 is 5.32 Å². The molecule has 0 saturated carbocycles. The number of aromatic nitrogens is 1. The Morgan fingerprint density at radius 3 is 2.48 bits per heavy atom. The molecule has 1 atom stereocenters. The van der Waals surface area contributed by atoms with E-state index in [9.17, 15) is 0 Å². The van der Waals surface area contributed by atoms with E-state index in [4.69, 9.17) is 9.72 Å². The minimum absolute atomic E-state index is 0.212. The number of fused-ring (bicyclic) bond motifs is 1. The highest BCUT2D eigenvalue weighted by Crippen LogP contribution is 2.50. The van der Waals surface area contributed by atoms with Crippen molar-refractivity contribution in [3.8, 4) is 0 Å². The molecule has 5 heteroatoms. The van der Waals surface area contributed by atoms with Crippen molar-refractivity contribution < 1.29 is 4.74 Å². The van der Waals surface area contributed by atoms with E-state index in [1.165, 1.54) is 9.88 Å². The van der Waals surface area contributed by atoms with Gasteiger partial charge < -0.3 is 10.1 Å². The maximum atomic E-state index is 6.18. The van der Waals surface area contributed by atoms with Crippen LogP contribution in [0.5, 0.6) is 0 Å². The first-order valence-electron chi connectivity index (χ1n) is 8.02. The molecular weight excluding hydrogens is 282 g/mol. The predicted octanol–water partition coefficient (Wildman–Crippen LogP) is 3.00. The lowest BCUT2D eigenvalue weighted by Crippen LogP contribution is -2.45. The number of rotatable bonds is 3. The second-order valence-electron chi connectivity index (χ2n) is 7.06. The molecule has 0 bridgehead atoms. The fraction of sp³-hybridized carbons (Fsp3) is 0.812. The van der Waals surface area contributed by atoms with Crippen LogP contribution in [0.4, 0.5) is 0 Å². The Morgan fingerprint density at radius 2 is 1.90 bits per heavy atom. The number of nitrogens with zero attached hydrogens (tertiary/aromatic N) is 2. The zero-order valence-electron chi connectivity index (χ0n) is 13.8. The summed E-state index contributed by atoms with van der Waals surface area (Å²) in [4.78, 5) is 8.91. The van der Waals surface area contributed by atoms with Crippen molar-refractivity contribution in [2.75, 3.05) is 26.2 Å². The molecule has 1 saturated heterocycles. The summed E-state index contributed by atoms with van der Waals surface area (Å²) in [6, 6.07) is 0.453. The number of hydrogen-bond acceptors (Lipinski definition) is 5. The van der Waals surface area contributed by atoms with Gasteiger partial charge in [0, 0.05) is 26.2 Å². The molecule has 0 aromatic carbocycles. The lowest BCUT2D eigenvalue weighted by molar-refractivity contribution is -0.105. The Bertz CT molecular complexity index is 486. The molecule has 2 aliphatic heterocycles. The molecule has 0 radical (unpaired) electrons. The summed E-state index contributed by atoms with van der Waals surface area (Å²) in [5, 5.41) is 4.70. The van der Waals surface area contributed by atoms with Crippen LogP contribution in [0, 0.1) is 0 Å². The second kappa shape index (κ2) is 5.30. The minimum Gasteiger partial charge on any atom is -0.358 e. The number of nitrogens with one attached hydrogen (secondary N) is 1. The highest BCUT2D eigenvalue weighted by atomic mass is 32.1. The third-order valence-electron chi connectivity index (χ3n) is 4.54. The van der Waals surface area contributed by atoms with E-state index in [1.807, 2.05) is 11.3 Å². The summed E-state index contributed by atoms with van der Waals surface area (Å²) in [5.41, 5.74) is 0.673. The van der Waals surface area contributed by atoms with Crippen LogP contribution in [0.2, 0.25) is 0 Å². The lowest BCUT2D eigenvalue weighted by Gasteiger charge is -2.33. The first-order chi connectivity index (χ1) is 9.85. The van der Waals surface area contributed by atoms with Gasteiger partial charge in [-0.25, -0.2) is 4.98 Å². The zero-order valence-corrected chi connectivity index (χ0v) is 14.6. The molecule has 4 nitrogen and oxygen atoms in total. The third kappa shape index (κ3) is 2.65. The first-order valence-corrected chi connectivity index (χ1v) is 8.83. The van der Waals surface area contributed by atoms with E-state index in [1.54, 1.807) is 0 Å². The summed E-state index contributed by atoms with van der Waals surface area (Å²) < 4.78 is 6.18. The second-order valence-corrected chi connectivity index (χ2v) is 8.09. The zero-order chi connectivity index (χ0) is 15.3. The Hall–Kier alpha value is -0.490. The maximum absolute atomic E-state index is 6.18. The van der Waals surface area contributed by atoms with Gasteiger partial charge in [0.15, 0.2) is 0 Å². The van der Waals surface area contributed by atoms with Crippen molar-refractivity contribution in [1.82, 2.24) is 15.2 Å². The molecule has 3 rings (SSSR count). The molecule has 0 amide bonds. The summed E-state index contributed by atoms with van der Waals surface area (Å²) >= 11 is 1.86. The van der Waals surface area contributed by atoms with Crippen molar-refractivity contribution in [2.45, 2.75) is 58.3 Å². The minimum atomic E-state index is -0.269. The highest BCUT2D eigenvalue weighted by molar-refractivity contribution is 7.12. The van der Waals surface area contributed by atoms with Crippen molar-refractivity contribution >= 4 is 11.3 Å². The molecule has 2 aliphatic rings. The molecule has 1 fully saturated rings. The fourth-order valence-corrected chi connectivity index (χ4v) is 5.08. The van der Waals surface area contributed by atoms with Crippen molar-refractivity contribution in [3.63, 3.8) is 0 Å². The summed E-state index contributed by atoms with van der Waals surface area (Å²) in [6.45, 7) is 15.3. The molecule has 1 unspecified atom stereocenters. The van der Waals surface area contributed by atoms with E-state index < -0.39 is 0 Å². The molecule has 0 aliphatic carbocycles. The summed E-state index contributed by atoms with van der Waals surface area (Å²) in [6.07, 6.45) is 1.12. The van der Waals surface area contributed by atoms with Crippen LogP contribution >= 0.6 is 11.3 Å². The van der Waals surface area contributed by atoms with Gasteiger partial charge in [0.05, 0.1) is 22.2 Å². The van der Waals surface area contributed by atoms with E-state index in [-0.39, 0.29) is 11.2 Å². The number of piperazine rings is 1. The fourth-order valence-electron chi connectivity index (χ4n) is 3.61. The summed E-state index contributed by atoms with van der Waals surface area (Å²) in [5.74, 6) is 0. The predicted molar refractivity (Wildman–Crippen MR) is 86.7 cm³/mol. The maximum Gasteiger partial charge on any atom is 0.111 e. The van der Waals surface area contributed by atoms with Crippen LogP contribution in [0.3, 0.4) is 0 Å². The molecular formula is C16H27N3OS. The SMILES string of the molecule is CCC(c1nc2c(s1)C(C)(C)OC2(C)C)N1CCNCC1. The van der Waals surface area contributed by atoms with Crippen molar-refractivity contribution in [2.24, 2.45) is 0 Å². The van der Waals surface area contributed by atoms with Crippen molar-refractivity contribution in [3.05, 3.63) is 15.6 Å². The van der Waals surface area contributed by atoms with Gasteiger partial charge in [-0.15, -0.1) is 11.3 Å². The lowest BCUT2D eigenvalue weighted by atomic mass is 10.0. The van der Waals surface area contributed by atoms with Crippen LogP contribution in [0.15, 0.2) is 0 Å². The Labute approximate surface area is 131 Å². The number of thiazole rings is 1. The van der Waals surface area contributed by atoms with Crippen LogP contribution in [-0.4, -0.2) is 36.1 Å². The van der Waals surface area contributed by atoms with Gasteiger partial charge in [-0.3, -0.25) is 4.90 Å². The molecule has 3 heterocycles. The normalized spacial score (nSPS) is 25.8. The molecule has 1 aromatic rings. The standard InChI is InChI=1S/C16H27N3OS/c1-6-11(19-9-7-17-8-10-19)14-18-12-13(21-14)16(4,5)20-15(12,2)3/h11,17H,6-10H2,1-5H3. The van der Waals surface area contributed by atoms with Gasteiger partial charge in [-0.1, -0.05) is 6.92 Å². The quantitative estimate of drug-likeness (QED) is 0.931. The number of hydrogen-bond donors (Lipinski definition) is 1. The van der Waals surface area contributed by atoms with Gasteiger partial charge in [-0.2, -0.15) is 0 Å². The average molecular weight is 309 g/mol. The average Bonchev–Trinajstić information content (AvgIpc) is 2.92. The van der Waals surface area contributed by atoms with Crippen LogP contribution in [0.1, 0.15) is 62.7 Å². The largest absolute Gasteiger partial charge is 0.358 e. The van der Waals surface area contributed by atoms with Gasteiger partial charge in [0.2, 0.25) is 0 Å². The molecule has 1 aromatic heterocycles. The Morgan fingerprint density at radius 1 is 1.24 bits per heavy atom. The molecule has 21 heavy (non-hydrogen) atoms. The monoisotopic (exact) mass is 309 g/mol. The van der Waals surface area contributed by atoms with Gasteiger partial charge in [0.25, 0.3) is 0 Å². The molecule has 118 valence electrons. The highest BCUT2D eigenvalue weighted by Gasteiger charge is 2.47. The van der Waals surface area contributed by atoms with E-state index >= 15 is 0 Å². The summed E-state index contributed by atoms with van der Waals surface area (Å²) in [7, 11) is 0.